The fourth-order valence-electron chi connectivity index (χ4n) is 3.57. The molecule has 2 aliphatic rings. The van der Waals surface area contributed by atoms with E-state index >= 15 is 0 Å². The fraction of sp³-hybridized carbons (Fsp3) is 0.526. The Morgan fingerprint density at radius 2 is 2.04 bits per heavy atom. The molecule has 7 nitrogen and oxygen atoms in total. The van der Waals surface area contributed by atoms with Gasteiger partial charge in [-0.3, -0.25) is 14.4 Å². The molecule has 0 aromatic heterocycles. The molecular weight excluding hydrogens is 372 g/mol. The standard InChI is InChI=1S/C19H23ClN2O5/c1-26-16-7-6-13(20)9-15(16)22-10-12(8-18(22)24)19(25)27-11-17(23)21-14-4-2-3-5-14/h6-7,9,12,14H,2-5,8,10-11H2,1H3,(H,21,23)/t12-/m0/s1. The van der Waals surface area contributed by atoms with Gasteiger partial charge in [-0.1, -0.05) is 24.4 Å². The number of halogens is 1. The van der Waals surface area contributed by atoms with Crippen LogP contribution in [0.4, 0.5) is 5.69 Å². The van der Waals surface area contributed by atoms with E-state index in [1.165, 1.54) is 12.0 Å². The summed E-state index contributed by atoms with van der Waals surface area (Å²) in [6.07, 6.45) is 4.18. The molecule has 1 aromatic carbocycles. The van der Waals surface area contributed by atoms with E-state index in [4.69, 9.17) is 21.1 Å². The number of ether oxygens (including phenoxy) is 2. The van der Waals surface area contributed by atoms with E-state index in [1.807, 2.05) is 0 Å². The number of benzene rings is 1. The second-order valence-electron chi connectivity index (χ2n) is 6.88. The number of nitrogens with zero attached hydrogens (tertiary/aromatic N) is 1. The van der Waals surface area contributed by atoms with Gasteiger partial charge in [-0.15, -0.1) is 0 Å². The molecule has 1 heterocycles. The van der Waals surface area contributed by atoms with Crippen LogP contribution in [0.1, 0.15) is 32.1 Å². The van der Waals surface area contributed by atoms with Gasteiger partial charge in [0.25, 0.3) is 5.91 Å². The molecule has 1 saturated heterocycles. The summed E-state index contributed by atoms with van der Waals surface area (Å²) in [5.41, 5.74) is 0.518. The Balaban J connectivity index is 1.56. The Kier molecular flexibility index (Phi) is 6.21. The van der Waals surface area contributed by atoms with Gasteiger partial charge in [0, 0.05) is 24.0 Å². The molecule has 146 valence electrons. The van der Waals surface area contributed by atoms with Gasteiger partial charge in [0.05, 0.1) is 18.7 Å². The van der Waals surface area contributed by atoms with Crippen molar-refractivity contribution in [1.82, 2.24) is 5.32 Å². The van der Waals surface area contributed by atoms with Crippen molar-refractivity contribution in [3.63, 3.8) is 0 Å². The molecule has 0 radical (unpaired) electrons. The number of methoxy groups -OCH3 is 1. The summed E-state index contributed by atoms with van der Waals surface area (Å²) in [5, 5.41) is 3.33. The highest BCUT2D eigenvalue weighted by Crippen LogP contribution is 2.35. The van der Waals surface area contributed by atoms with Crippen molar-refractivity contribution < 1.29 is 23.9 Å². The van der Waals surface area contributed by atoms with E-state index in [-0.39, 0.29) is 37.4 Å². The summed E-state index contributed by atoms with van der Waals surface area (Å²) in [5.74, 6) is -1.19. The first-order valence-electron chi connectivity index (χ1n) is 9.08. The van der Waals surface area contributed by atoms with Crippen molar-refractivity contribution in [2.45, 2.75) is 38.1 Å². The van der Waals surface area contributed by atoms with E-state index < -0.39 is 11.9 Å². The maximum Gasteiger partial charge on any atom is 0.311 e. The van der Waals surface area contributed by atoms with Crippen LogP contribution in [-0.4, -0.2) is 44.1 Å². The average Bonchev–Trinajstić information content (AvgIpc) is 3.29. The number of esters is 1. The molecule has 1 N–H and O–H groups in total. The van der Waals surface area contributed by atoms with E-state index in [2.05, 4.69) is 5.32 Å². The summed E-state index contributed by atoms with van der Waals surface area (Å²) in [6.45, 7) is -0.154. The molecule has 8 heteroatoms. The minimum atomic E-state index is -0.625. The Labute approximate surface area is 162 Å². The second-order valence-corrected chi connectivity index (χ2v) is 7.31. The number of hydrogen-bond acceptors (Lipinski definition) is 5. The Hall–Kier alpha value is -2.28. The Morgan fingerprint density at radius 3 is 2.74 bits per heavy atom. The van der Waals surface area contributed by atoms with Crippen LogP contribution in [0.2, 0.25) is 5.02 Å². The molecule has 2 amide bonds. The summed E-state index contributed by atoms with van der Waals surface area (Å²) in [7, 11) is 1.50. The number of anilines is 1. The number of carbonyl (C=O) groups excluding carboxylic acids is 3. The third-order valence-corrected chi connectivity index (χ3v) is 5.19. The second kappa shape index (κ2) is 8.61. The van der Waals surface area contributed by atoms with Crippen LogP contribution in [0.25, 0.3) is 0 Å². The Morgan fingerprint density at radius 1 is 1.30 bits per heavy atom. The zero-order valence-corrected chi connectivity index (χ0v) is 16.0. The van der Waals surface area contributed by atoms with Crippen molar-refractivity contribution >= 4 is 35.1 Å². The van der Waals surface area contributed by atoms with Gasteiger partial charge in [-0.25, -0.2) is 0 Å². The molecule has 3 rings (SSSR count). The number of nitrogens with one attached hydrogen (secondary N) is 1. The number of hydrogen-bond donors (Lipinski definition) is 1. The van der Waals surface area contributed by atoms with Crippen molar-refractivity contribution in [3.05, 3.63) is 23.2 Å². The summed E-state index contributed by atoms with van der Waals surface area (Å²) >= 11 is 6.02. The SMILES string of the molecule is COc1ccc(Cl)cc1N1C[C@@H](C(=O)OCC(=O)NC2CCCC2)CC1=O. The predicted octanol–water partition coefficient (Wildman–Crippen LogP) is 2.30. The van der Waals surface area contributed by atoms with Gasteiger partial charge in [0.1, 0.15) is 5.75 Å². The highest BCUT2D eigenvalue weighted by molar-refractivity contribution is 6.31. The van der Waals surface area contributed by atoms with Gasteiger partial charge >= 0.3 is 5.97 Å². The van der Waals surface area contributed by atoms with Crippen LogP contribution < -0.4 is 15.0 Å². The third kappa shape index (κ3) is 4.71. The van der Waals surface area contributed by atoms with Crippen LogP contribution in [0.3, 0.4) is 0 Å². The summed E-state index contributed by atoms with van der Waals surface area (Å²) in [6, 6.07) is 5.14. The first kappa shape index (κ1) is 19.5. The number of rotatable bonds is 6. The summed E-state index contributed by atoms with van der Waals surface area (Å²) in [4.78, 5) is 38.0. The van der Waals surface area contributed by atoms with Crippen LogP contribution in [0.15, 0.2) is 18.2 Å². The van der Waals surface area contributed by atoms with Crippen molar-refractivity contribution in [1.29, 1.82) is 0 Å². The van der Waals surface area contributed by atoms with E-state index in [1.54, 1.807) is 18.2 Å². The number of amides is 2. The smallest absolute Gasteiger partial charge is 0.311 e. The van der Waals surface area contributed by atoms with E-state index in [0.29, 0.717) is 16.5 Å². The van der Waals surface area contributed by atoms with Gasteiger partial charge in [0.2, 0.25) is 5.91 Å². The molecular formula is C19H23ClN2O5. The van der Waals surface area contributed by atoms with Crippen molar-refractivity contribution in [3.8, 4) is 5.75 Å². The molecule has 27 heavy (non-hydrogen) atoms. The average molecular weight is 395 g/mol. The van der Waals surface area contributed by atoms with Crippen LogP contribution in [0, 0.1) is 5.92 Å². The molecule has 1 atom stereocenters. The largest absolute Gasteiger partial charge is 0.495 e. The van der Waals surface area contributed by atoms with Gasteiger partial charge in [0.15, 0.2) is 6.61 Å². The molecule has 1 aliphatic heterocycles. The van der Waals surface area contributed by atoms with Crippen molar-refractivity contribution in [2.24, 2.45) is 5.92 Å². The zero-order chi connectivity index (χ0) is 19.4. The lowest BCUT2D eigenvalue weighted by molar-refractivity contribution is -0.152. The van der Waals surface area contributed by atoms with Gasteiger partial charge in [-0.2, -0.15) is 0 Å². The summed E-state index contributed by atoms with van der Waals surface area (Å²) < 4.78 is 10.4. The minimum absolute atomic E-state index is 0.0265. The lowest BCUT2D eigenvalue weighted by Gasteiger charge is -2.19. The molecule has 0 bridgehead atoms. The lowest BCUT2D eigenvalue weighted by atomic mass is 10.1. The van der Waals surface area contributed by atoms with Gasteiger partial charge < -0.3 is 19.7 Å². The predicted molar refractivity (Wildman–Crippen MR) is 99.8 cm³/mol. The van der Waals surface area contributed by atoms with E-state index in [0.717, 1.165) is 25.7 Å². The Bertz CT molecular complexity index is 733. The minimum Gasteiger partial charge on any atom is -0.495 e. The topological polar surface area (TPSA) is 84.9 Å². The van der Waals surface area contributed by atoms with Crippen LogP contribution in [-0.2, 0) is 19.1 Å². The highest BCUT2D eigenvalue weighted by atomic mass is 35.5. The molecule has 2 fully saturated rings. The molecule has 0 unspecified atom stereocenters. The van der Waals surface area contributed by atoms with Crippen LogP contribution in [0.5, 0.6) is 5.75 Å². The first-order chi connectivity index (χ1) is 13.0. The quantitative estimate of drug-likeness (QED) is 0.748. The first-order valence-corrected chi connectivity index (χ1v) is 9.45. The van der Waals surface area contributed by atoms with Crippen LogP contribution >= 0.6 is 11.6 Å². The molecule has 1 aromatic rings. The lowest BCUT2D eigenvalue weighted by Crippen LogP contribution is -2.36. The fourth-order valence-corrected chi connectivity index (χ4v) is 3.73. The maximum atomic E-state index is 12.4. The third-order valence-electron chi connectivity index (χ3n) is 4.96. The molecule has 1 aliphatic carbocycles. The monoisotopic (exact) mass is 394 g/mol. The molecule has 1 saturated carbocycles. The van der Waals surface area contributed by atoms with E-state index in [9.17, 15) is 14.4 Å². The zero-order valence-electron chi connectivity index (χ0n) is 15.2. The highest BCUT2D eigenvalue weighted by Gasteiger charge is 2.37. The normalized spacial score (nSPS) is 20.0. The van der Waals surface area contributed by atoms with Crippen molar-refractivity contribution in [2.75, 3.05) is 25.2 Å². The maximum absolute atomic E-state index is 12.4. The van der Waals surface area contributed by atoms with Gasteiger partial charge in [-0.05, 0) is 31.0 Å². The molecule has 0 spiro atoms. The number of carbonyl (C=O) groups is 3.